The van der Waals surface area contributed by atoms with Crippen molar-refractivity contribution in [3.8, 4) is 0 Å². The van der Waals surface area contributed by atoms with Crippen LogP contribution in [0.5, 0.6) is 0 Å². The average Bonchev–Trinajstić information content (AvgIpc) is 2.94. The normalized spacial score (nSPS) is 15.6. The molecular formula is C16H21N5O5S. The molecule has 1 saturated heterocycles. The van der Waals surface area contributed by atoms with Crippen molar-refractivity contribution in [2.45, 2.75) is 18.4 Å². The molecule has 0 bridgehead atoms. The van der Waals surface area contributed by atoms with Crippen LogP contribution in [0, 0.1) is 17.0 Å². The van der Waals surface area contributed by atoms with Crippen molar-refractivity contribution in [1.29, 1.82) is 0 Å². The van der Waals surface area contributed by atoms with Gasteiger partial charge >= 0.3 is 5.69 Å². The minimum absolute atomic E-state index is 0.0657. The molecule has 0 unspecified atom stereocenters. The van der Waals surface area contributed by atoms with E-state index in [0.29, 0.717) is 44.4 Å². The van der Waals surface area contributed by atoms with Crippen LogP contribution in [0.25, 0.3) is 0 Å². The first kappa shape index (κ1) is 19.3. The fourth-order valence-electron chi connectivity index (χ4n) is 2.96. The number of morpholine rings is 1. The molecule has 1 aliphatic heterocycles. The molecule has 0 radical (unpaired) electrons. The summed E-state index contributed by atoms with van der Waals surface area (Å²) in [5.41, 5.74) is 1.06. The molecule has 11 heteroatoms. The highest BCUT2D eigenvalue weighted by molar-refractivity contribution is 7.89. The molecular weight excluding hydrogens is 374 g/mol. The van der Waals surface area contributed by atoms with E-state index in [0.717, 1.165) is 5.56 Å². The van der Waals surface area contributed by atoms with Crippen LogP contribution in [0.3, 0.4) is 0 Å². The Hall–Kier alpha value is -2.50. The Morgan fingerprint density at radius 3 is 2.48 bits per heavy atom. The van der Waals surface area contributed by atoms with Gasteiger partial charge in [-0.2, -0.15) is 9.40 Å². The summed E-state index contributed by atoms with van der Waals surface area (Å²) < 4.78 is 33.2. The fourth-order valence-corrected chi connectivity index (χ4v) is 4.37. The number of benzene rings is 1. The van der Waals surface area contributed by atoms with Crippen LogP contribution in [0.15, 0.2) is 29.2 Å². The molecule has 2 aromatic rings. The lowest BCUT2D eigenvalue weighted by Gasteiger charge is -2.26. The molecule has 1 aromatic carbocycles. The van der Waals surface area contributed by atoms with E-state index in [1.165, 1.54) is 8.99 Å². The van der Waals surface area contributed by atoms with Gasteiger partial charge in [0.25, 0.3) is 0 Å². The number of anilines is 1. The third-order valence-corrected chi connectivity index (χ3v) is 6.28. The van der Waals surface area contributed by atoms with Gasteiger partial charge < -0.3 is 10.1 Å². The minimum Gasteiger partial charge on any atom is -0.379 e. The molecule has 1 N–H and O–H groups in total. The number of hydrogen-bond acceptors (Lipinski definition) is 7. The van der Waals surface area contributed by atoms with Crippen LogP contribution in [-0.4, -0.2) is 53.7 Å². The molecule has 27 heavy (non-hydrogen) atoms. The largest absolute Gasteiger partial charge is 0.379 e. The summed E-state index contributed by atoms with van der Waals surface area (Å²) in [6.07, 6.45) is 0. The topological polar surface area (TPSA) is 120 Å². The number of aromatic nitrogens is 2. The monoisotopic (exact) mass is 395 g/mol. The number of sulfonamides is 1. The van der Waals surface area contributed by atoms with Gasteiger partial charge in [-0.1, -0.05) is 12.1 Å². The number of hydrogen-bond donors (Lipinski definition) is 1. The lowest BCUT2D eigenvalue weighted by Crippen LogP contribution is -2.40. The summed E-state index contributed by atoms with van der Waals surface area (Å²) in [7, 11) is -1.91. The van der Waals surface area contributed by atoms with Crippen molar-refractivity contribution in [3.63, 3.8) is 0 Å². The smallest absolute Gasteiger partial charge is 0.333 e. The number of nitro groups is 1. The van der Waals surface area contributed by atoms with Crippen molar-refractivity contribution in [2.24, 2.45) is 7.05 Å². The maximum absolute atomic E-state index is 12.6. The zero-order chi connectivity index (χ0) is 19.6. The molecule has 0 spiro atoms. The van der Waals surface area contributed by atoms with E-state index in [2.05, 4.69) is 10.4 Å². The summed E-state index contributed by atoms with van der Waals surface area (Å²) in [6.45, 7) is 3.35. The van der Waals surface area contributed by atoms with E-state index in [9.17, 15) is 18.5 Å². The second-order valence-corrected chi connectivity index (χ2v) is 8.12. The highest BCUT2D eigenvalue weighted by Gasteiger charge is 2.26. The van der Waals surface area contributed by atoms with Crippen molar-refractivity contribution in [2.75, 3.05) is 31.6 Å². The lowest BCUT2D eigenvalue weighted by atomic mass is 10.2. The molecule has 0 aliphatic carbocycles. The number of ether oxygens (including phenoxy) is 1. The SMILES string of the molecule is Cc1nn(C)c(NCc2ccc(S(=O)(=O)N3CCOCC3)cc2)c1[N+](=O)[O-]. The number of nitrogens with zero attached hydrogens (tertiary/aromatic N) is 4. The predicted octanol–water partition coefficient (Wildman–Crippen LogP) is 1.27. The van der Waals surface area contributed by atoms with Crippen molar-refractivity contribution in [3.05, 3.63) is 45.6 Å². The first-order valence-corrected chi connectivity index (χ1v) is 9.83. The van der Waals surface area contributed by atoms with Gasteiger partial charge in [-0.05, 0) is 24.6 Å². The Labute approximate surface area is 156 Å². The molecule has 0 saturated carbocycles. The zero-order valence-electron chi connectivity index (χ0n) is 15.1. The summed E-state index contributed by atoms with van der Waals surface area (Å²) in [6, 6.07) is 6.47. The maximum atomic E-state index is 12.6. The van der Waals surface area contributed by atoms with Crippen molar-refractivity contribution >= 4 is 21.5 Å². The van der Waals surface area contributed by atoms with E-state index in [-0.39, 0.29) is 10.6 Å². The molecule has 10 nitrogen and oxygen atoms in total. The van der Waals surface area contributed by atoms with Crippen LogP contribution >= 0.6 is 0 Å². The molecule has 2 heterocycles. The fraction of sp³-hybridized carbons (Fsp3) is 0.438. The van der Waals surface area contributed by atoms with Gasteiger partial charge in [-0.25, -0.2) is 13.1 Å². The molecule has 0 amide bonds. The quantitative estimate of drug-likeness (QED) is 0.578. The summed E-state index contributed by atoms with van der Waals surface area (Å²) in [5, 5.41) is 18.3. The van der Waals surface area contributed by atoms with Crippen molar-refractivity contribution < 1.29 is 18.1 Å². The molecule has 1 aromatic heterocycles. The lowest BCUT2D eigenvalue weighted by molar-refractivity contribution is -0.384. The Morgan fingerprint density at radius 1 is 1.26 bits per heavy atom. The highest BCUT2D eigenvalue weighted by Crippen LogP contribution is 2.27. The zero-order valence-corrected chi connectivity index (χ0v) is 15.9. The van der Waals surface area contributed by atoms with Gasteiger partial charge in [0.1, 0.15) is 5.69 Å². The predicted molar refractivity (Wildman–Crippen MR) is 97.9 cm³/mol. The highest BCUT2D eigenvalue weighted by atomic mass is 32.2. The number of rotatable bonds is 6. The Kier molecular flexibility index (Phi) is 5.44. The third kappa shape index (κ3) is 3.94. The average molecular weight is 395 g/mol. The molecule has 0 atom stereocenters. The van der Waals surface area contributed by atoms with Crippen LogP contribution in [0.4, 0.5) is 11.5 Å². The minimum atomic E-state index is -3.54. The van der Waals surface area contributed by atoms with Gasteiger partial charge in [0.05, 0.1) is 23.0 Å². The first-order chi connectivity index (χ1) is 12.8. The standard InChI is InChI=1S/C16H21N5O5S/c1-12-15(21(22)23)16(19(2)18-12)17-11-13-3-5-14(6-4-13)27(24,25)20-7-9-26-10-8-20/h3-6,17H,7-11H2,1-2H3. The van der Waals surface area contributed by atoms with Crippen LogP contribution < -0.4 is 5.32 Å². The Bertz CT molecular complexity index is 933. The summed E-state index contributed by atoms with van der Waals surface area (Å²) >= 11 is 0. The third-order valence-electron chi connectivity index (χ3n) is 4.36. The van der Waals surface area contributed by atoms with E-state index in [4.69, 9.17) is 4.74 Å². The molecule has 1 aliphatic rings. The molecule has 1 fully saturated rings. The second-order valence-electron chi connectivity index (χ2n) is 6.18. The van der Waals surface area contributed by atoms with Crippen molar-refractivity contribution in [1.82, 2.24) is 14.1 Å². The van der Waals surface area contributed by atoms with E-state index in [1.807, 2.05) is 0 Å². The van der Waals surface area contributed by atoms with Crippen LogP contribution in [-0.2, 0) is 28.4 Å². The van der Waals surface area contributed by atoms with Crippen LogP contribution in [0.2, 0.25) is 0 Å². The van der Waals surface area contributed by atoms with E-state index >= 15 is 0 Å². The number of nitrogens with one attached hydrogen (secondary N) is 1. The van der Waals surface area contributed by atoms with E-state index in [1.54, 1.807) is 38.2 Å². The Balaban J connectivity index is 1.73. The Morgan fingerprint density at radius 2 is 1.89 bits per heavy atom. The van der Waals surface area contributed by atoms with Gasteiger partial charge in [0.2, 0.25) is 15.8 Å². The molecule has 146 valence electrons. The van der Waals surface area contributed by atoms with Gasteiger partial charge in [0, 0.05) is 26.7 Å². The first-order valence-electron chi connectivity index (χ1n) is 8.39. The summed E-state index contributed by atoms with van der Waals surface area (Å²) in [5.74, 6) is 0.308. The van der Waals surface area contributed by atoms with Crippen LogP contribution in [0.1, 0.15) is 11.3 Å². The van der Waals surface area contributed by atoms with Gasteiger partial charge in [0.15, 0.2) is 0 Å². The van der Waals surface area contributed by atoms with Gasteiger partial charge in [-0.3, -0.25) is 10.1 Å². The number of aryl methyl sites for hydroxylation is 2. The second kappa shape index (κ2) is 7.62. The maximum Gasteiger partial charge on any atom is 0.333 e. The summed E-state index contributed by atoms with van der Waals surface area (Å²) in [4.78, 5) is 11.0. The van der Waals surface area contributed by atoms with E-state index < -0.39 is 14.9 Å². The van der Waals surface area contributed by atoms with Gasteiger partial charge in [-0.15, -0.1) is 0 Å². The molecule has 3 rings (SSSR count).